The average molecular weight is 273 g/mol. The summed E-state index contributed by atoms with van der Waals surface area (Å²) in [5, 5.41) is 3.38. The van der Waals surface area contributed by atoms with Gasteiger partial charge in [-0.2, -0.15) is 0 Å². The van der Waals surface area contributed by atoms with Crippen LogP contribution in [0, 0.1) is 26.6 Å². The first-order chi connectivity index (χ1) is 9.54. The Morgan fingerprint density at radius 1 is 1.25 bits per heavy atom. The first-order valence-electron chi connectivity index (χ1n) is 7.09. The molecule has 1 heterocycles. The molecule has 1 aliphatic rings. The van der Waals surface area contributed by atoms with E-state index < -0.39 is 0 Å². The second kappa shape index (κ2) is 4.93. The fourth-order valence-electron chi connectivity index (χ4n) is 2.60. The van der Waals surface area contributed by atoms with Crippen LogP contribution in [-0.4, -0.2) is 9.55 Å². The lowest BCUT2D eigenvalue weighted by Gasteiger charge is -2.10. The van der Waals surface area contributed by atoms with E-state index >= 15 is 0 Å². The van der Waals surface area contributed by atoms with Crippen LogP contribution in [0.1, 0.15) is 41.3 Å². The van der Waals surface area contributed by atoms with E-state index in [4.69, 9.17) is 0 Å². The summed E-state index contributed by atoms with van der Waals surface area (Å²) in [6.45, 7) is 6.30. The Hall–Kier alpha value is -1.84. The summed E-state index contributed by atoms with van der Waals surface area (Å²) in [4.78, 5) is 4.53. The van der Waals surface area contributed by atoms with Crippen molar-refractivity contribution in [2.24, 2.45) is 0 Å². The van der Waals surface area contributed by atoms with Crippen LogP contribution in [0.25, 0.3) is 0 Å². The van der Waals surface area contributed by atoms with Crippen LogP contribution in [0.5, 0.6) is 0 Å². The van der Waals surface area contributed by atoms with Crippen molar-refractivity contribution in [2.75, 3.05) is 5.32 Å². The summed E-state index contributed by atoms with van der Waals surface area (Å²) in [7, 11) is 0. The number of hydrogen-bond donors (Lipinski definition) is 1. The van der Waals surface area contributed by atoms with Crippen molar-refractivity contribution in [3.05, 3.63) is 46.5 Å². The molecular formula is C16H20FN3. The van der Waals surface area contributed by atoms with Crippen molar-refractivity contribution in [2.45, 2.75) is 46.2 Å². The number of aryl methyl sites for hydroxylation is 3. The Balaban J connectivity index is 1.76. The zero-order valence-electron chi connectivity index (χ0n) is 12.2. The minimum atomic E-state index is -0.107. The predicted molar refractivity (Wildman–Crippen MR) is 78.4 cm³/mol. The maximum absolute atomic E-state index is 13.6. The Morgan fingerprint density at radius 2 is 1.90 bits per heavy atom. The van der Waals surface area contributed by atoms with Crippen molar-refractivity contribution < 1.29 is 4.39 Å². The number of halogens is 1. The van der Waals surface area contributed by atoms with Crippen LogP contribution < -0.4 is 5.32 Å². The van der Waals surface area contributed by atoms with Crippen molar-refractivity contribution in [3.8, 4) is 0 Å². The van der Waals surface area contributed by atoms with Gasteiger partial charge in [-0.3, -0.25) is 0 Å². The summed E-state index contributed by atoms with van der Waals surface area (Å²) in [6, 6.07) is 4.40. The van der Waals surface area contributed by atoms with Gasteiger partial charge in [0.05, 0.1) is 5.69 Å². The minimum Gasteiger partial charge on any atom is -0.352 e. The molecule has 2 aromatic rings. The van der Waals surface area contributed by atoms with Crippen molar-refractivity contribution in [1.82, 2.24) is 9.55 Å². The Labute approximate surface area is 118 Å². The van der Waals surface area contributed by atoms with Gasteiger partial charge in [-0.1, -0.05) is 12.1 Å². The highest BCUT2D eigenvalue weighted by molar-refractivity contribution is 5.35. The molecule has 0 aliphatic heterocycles. The molecule has 0 bridgehead atoms. The smallest absolute Gasteiger partial charge is 0.203 e. The van der Waals surface area contributed by atoms with Crippen LogP contribution in [0.4, 0.5) is 10.3 Å². The maximum atomic E-state index is 13.6. The zero-order chi connectivity index (χ0) is 14.3. The summed E-state index contributed by atoms with van der Waals surface area (Å²) < 4.78 is 15.8. The second-order valence-electron chi connectivity index (χ2n) is 5.74. The van der Waals surface area contributed by atoms with E-state index in [0.29, 0.717) is 23.7 Å². The molecular weight excluding hydrogens is 253 g/mol. The highest BCUT2D eigenvalue weighted by Gasteiger charge is 2.26. The number of rotatable bonds is 4. The Bertz CT molecular complexity index is 618. The monoisotopic (exact) mass is 273 g/mol. The van der Waals surface area contributed by atoms with Crippen molar-refractivity contribution in [1.29, 1.82) is 0 Å². The molecule has 1 N–H and O–H groups in total. The van der Waals surface area contributed by atoms with E-state index in [9.17, 15) is 4.39 Å². The fraction of sp³-hybridized carbons (Fsp3) is 0.438. The third-order valence-corrected chi connectivity index (χ3v) is 3.74. The van der Waals surface area contributed by atoms with Crippen LogP contribution in [0.2, 0.25) is 0 Å². The molecule has 1 aromatic carbocycles. The van der Waals surface area contributed by atoms with Gasteiger partial charge in [0.1, 0.15) is 5.82 Å². The summed E-state index contributed by atoms with van der Waals surface area (Å²) in [5.74, 6) is 0.814. The van der Waals surface area contributed by atoms with Crippen molar-refractivity contribution in [3.63, 3.8) is 0 Å². The summed E-state index contributed by atoms with van der Waals surface area (Å²) >= 11 is 0. The number of aromatic nitrogens is 2. The predicted octanol–water partition coefficient (Wildman–Crippen LogP) is 3.89. The van der Waals surface area contributed by atoms with Gasteiger partial charge in [0.2, 0.25) is 5.95 Å². The molecule has 106 valence electrons. The van der Waals surface area contributed by atoms with Crippen LogP contribution in [0.3, 0.4) is 0 Å². The minimum absolute atomic E-state index is 0.107. The zero-order valence-corrected chi connectivity index (χ0v) is 12.2. The average Bonchev–Trinajstić information content (AvgIpc) is 3.17. The molecule has 4 heteroatoms. The van der Waals surface area contributed by atoms with Gasteiger partial charge in [-0.25, -0.2) is 9.37 Å². The first-order valence-corrected chi connectivity index (χ1v) is 7.09. The van der Waals surface area contributed by atoms with Crippen LogP contribution >= 0.6 is 0 Å². The van der Waals surface area contributed by atoms with E-state index in [2.05, 4.69) is 21.1 Å². The highest BCUT2D eigenvalue weighted by atomic mass is 19.1. The lowest BCUT2D eigenvalue weighted by Crippen LogP contribution is -2.07. The number of anilines is 1. The van der Waals surface area contributed by atoms with Gasteiger partial charge in [0.25, 0.3) is 0 Å². The molecule has 1 aromatic heterocycles. The first kappa shape index (κ1) is 13.2. The number of imidazole rings is 1. The van der Waals surface area contributed by atoms with E-state index in [1.807, 2.05) is 19.1 Å². The van der Waals surface area contributed by atoms with Gasteiger partial charge >= 0.3 is 0 Å². The highest BCUT2D eigenvalue weighted by Crippen LogP contribution is 2.37. The maximum Gasteiger partial charge on any atom is 0.203 e. The van der Waals surface area contributed by atoms with E-state index in [0.717, 1.165) is 17.2 Å². The molecule has 1 saturated carbocycles. The molecule has 0 unspecified atom stereocenters. The van der Waals surface area contributed by atoms with E-state index in [-0.39, 0.29) is 5.82 Å². The van der Waals surface area contributed by atoms with E-state index in [1.165, 1.54) is 12.8 Å². The topological polar surface area (TPSA) is 29.9 Å². The van der Waals surface area contributed by atoms with Crippen LogP contribution in [0.15, 0.2) is 18.3 Å². The molecule has 1 fully saturated rings. The van der Waals surface area contributed by atoms with Gasteiger partial charge < -0.3 is 9.88 Å². The molecule has 1 aliphatic carbocycles. The molecule has 3 rings (SSSR count). The molecule has 20 heavy (non-hydrogen) atoms. The molecule has 0 atom stereocenters. The van der Waals surface area contributed by atoms with Crippen LogP contribution in [-0.2, 0) is 6.54 Å². The molecule has 0 saturated heterocycles. The largest absolute Gasteiger partial charge is 0.352 e. The molecule has 0 radical (unpaired) electrons. The Kier molecular flexibility index (Phi) is 3.24. The van der Waals surface area contributed by atoms with Gasteiger partial charge in [0, 0.05) is 18.8 Å². The van der Waals surface area contributed by atoms with E-state index in [1.54, 1.807) is 13.8 Å². The lowest BCUT2D eigenvalue weighted by atomic mass is 10.1. The second-order valence-corrected chi connectivity index (χ2v) is 5.74. The number of nitrogens with zero attached hydrogens (tertiary/aromatic N) is 2. The fourth-order valence-corrected chi connectivity index (χ4v) is 2.60. The van der Waals surface area contributed by atoms with Crippen molar-refractivity contribution >= 4 is 5.95 Å². The standard InChI is InChI=1S/C16H20FN3/c1-10-6-13(7-11(2)15(10)17)8-18-16-19-12(3)9-20(16)14-4-5-14/h6-7,9,14H,4-5,8H2,1-3H3,(H,18,19). The third-order valence-electron chi connectivity index (χ3n) is 3.74. The molecule has 0 spiro atoms. The third kappa shape index (κ3) is 2.55. The van der Waals surface area contributed by atoms with Gasteiger partial charge in [-0.15, -0.1) is 0 Å². The Morgan fingerprint density at radius 3 is 2.50 bits per heavy atom. The lowest BCUT2D eigenvalue weighted by molar-refractivity contribution is 0.608. The SMILES string of the molecule is Cc1cn(C2CC2)c(NCc2cc(C)c(F)c(C)c2)n1. The molecule has 3 nitrogen and oxygen atoms in total. The normalized spacial score (nSPS) is 14.6. The number of benzene rings is 1. The summed E-state index contributed by atoms with van der Waals surface area (Å²) in [5.41, 5.74) is 3.52. The summed E-state index contributed by atoms with van der Waals surface area (Å²) in [6.07, 6.45) is 4.57. The number of nitrogens with one attached hydrogen (secondary N) is 1. The van der Waals surface area contributed by atoms with Gasteiger partial charge in [0.15, 0.2) is 0 Å². The van der Waals surface area contributed by atoms with Gasteiger partial charge in [-0.05, 0) is 50.3 Å². The molecule has 0 amide bonds. The number of hydrogen-bond acceptors (Lipinski definition) is 2. The quantitative estimate of drug-likeness (QED) is 0.915.